The van der Waals surface area contributed by atoms with Gasteiger partial charge in [-0.05, 0) is 68.8 Å². The second kappa shape index (κ2) is 10.0. The zero-order valence-electron chi connectivity index (χ0n) is 23.4. The molecule has 0 amide bonds. The van der Waals surface area contributed by atoms with Crippen molar-refractivity contribution in [3.63, 3.8) is 0 Å². The Labute approximate surface area is 243 Å². The first kappa shape index (κ1) is 25.3. The number of benzene rings is 6. The summed E-state index contributed by atoms with van der Waals surface area (Å²) in [6, 6.07) is 40.1. The summed E-state index contributed by atoms with van der Waals surface area (Å²) in [5.41, 5.74) is 2.88. The average Bonchev–Trinajstić information content (AvgIpc) is 3.55. The molecular weight excluding hydrogens is 521 g/mol. The van der Waals surface area contributed by atoms with Crippen LogP contribution in [0.25, 0.3) is 61.9 Å². The molecule has 0 fully saturated rings. The van der Waals surface area contributed by atoms with Crippen LogP contribution < -0.4 is 0 Å². The molecule has 0 saturated heterocycles. The second-order valence-corrected chi connectivity index (χ2v) is 13.4. The van der Waals surface area contributed by atoms with Crippen LogP contribution in [0.4, 0.5) is 0 Å². The lowest BCUT2D eigenvalue weighted by Crippen LogP contribution is -1.89. The lowest BCUT2D eigenvalue weighted by atomic mass is 9.94. The fourth-order valence-corrected chi connectivity index (χ4v) is 8.37. The van der Waals surface area contributed by atoms with Gasteiger partial charge in [-0.15, -0.1) is 22.7 Å². The molecular formula is C38H32S2. The minimum absolute atomic E-state index is 0.544. The molecule has 0 atom stereocenters. The summed E-state index contributed by atoms with van der Waals surface area (Å²) < 4.78 is 5.60. The van der Waals surface area contributed by atoms with E-state index in [2.05, 4.69) is 137 Å². The highest BCUT2D eigenvalue weighted by atomic mass is 32.1. The number of hydrogen-bond acceptors (Lipinski definition) is 2. The summed E-state index contributed by atoms with van der Waals surface area (Å²) in [5, 5.41) is 11.1. The molecule has 8 rings (SSSR count). The van der Waals surface area contributed by atoms with Crippen LogP contribution in [-0.4, -0.2) is 0 Å². The minimum atomic E-state index is 0.544. The van der Waals surface area contributed by atoms with Crippen LogP contribution in [0.15, 0.2) is 109 Å². The highest BCUT2D eigenvalue weighted by molar-refractivity contribution is 7.26. The summed E-state index contributed by atoms with van der Waals surface area (Å²) in [5.74, 6) is 1.13. The van der Waals surface area contributed by atoms with Gasteiger partial charge in [-0.3, -0.25) is 0 Å². The summed E-state index contributed by atoms with van der Waals surface area (Å²) in [4.78, 5) is 0. The largest absolute Gasteiger partial charge is 0.135 e. The van der Waals surface area contributed by atoms with Crippen LogP contribution in [-0.2, 0) is 0 Å². The van der Waals surface area contributed by atoms with E-state index < -0.39 is 0 Å². The highest BCUT2D eigenvalue weighted by Crippen LogP contribution is 2.42. The lowest BCUT2D eigenvalue weighted by molar-refractivity contribution is 0.869. The Bertz CT molecular complexity index is 2170. The standard InChI is InChI=1S/2C19H16S/c1-12(2)16-11-17-14-8-5-6-10-18(14)20-19(17)15-9-4-3-7-13(15)16;1-12(2)14-7-9-16-18(11-14)20-17-10-8-13-5-3-4-6-15(13)19(16)17/h2*3-12H,1-2H3. The highest BCUT2D eigenvalue weighted by Gasteiger charge is 2.13. The Morgan fingerprint density at radius 1 is 0.450 bits per heavy atom. The van der Waals surface area contributed by atoms with Gasteiger partial charge in [0.15, 0.2) is 0 Å². The van der Waals surface area contributed by atoms with E-state index in [1.165, 1.54) is 73.0 Å². The van der Waals surface area contributed by atoms with Crippen LogP contribution in [0.5, 0.6) is 0 Å². The molecule has 0 unspecified atom stereocenters. The lowest BCUT2D eigenvalue weighted by Gasteiger charge is -2.11. The number of hydrogen-bond donors (Lipinski definition) is 0. The topological polar surface area (TPSA) is 0 Å². The Morgan fingerprint density at radius 2 is 1.15 bits per heavy atom. The minimum Gasteiger partial charge on any atom is -0.135 e. The normalized spacial score (nSPS) is 11.9. The third-order valence-electron chi connectivity index (χ3n) is 8.09. The van der Waals surface area contributed by atoms with Crippen LogP contribution in [0, 0.1) is 0 Å². The van der Waals surface area contributed by atoms with Crippen molar-refractivity contribution in [2.45, 2.75) is 39.5 Å². The Hall–Kier alpha value is -3.72. The van der Waals surface area contributed by atoms with Crippen molar-refractivity contribution in [3.8, 4) is 0 Å². The zero-order chi connectivity index (χ0) is 27.4. The van der Waals surface area contributed by atoms with E-state index in [9.17, 15) is 0 Å². The van der Waals surface area contributed by atoms with E-state index in [4.69, 9.17) is 0 Å². The van der Waals surface area contributed by atoms with Gasteiger partial charge in [0, 0.05) is 40.3 Å². The monoisotopic (exact) mass is 552 g/mol. The SMILES string of the molecule is CC(C)c1cc2c3ccccc3sc2c2ccccc12.CC(C)c1ccc2c(c1)sc1ccc3ccccc3c12. The molecule has 2 aromatic heterocycles. The first-order chi connectivity index (χ1) is 19.5. The van der Waals surface area contributed by atoms with Gasteiger partial charge in [0.05, 0.1) is 0 Å². The molecule has 0 spiro atoms. The third kappa shape index (κ3) is 4.18. The molecule has 196 valence electrons. The number of rotatable bonds is 2. The molecule has 6 aromatic carbocycles. The van der Waals surface area contributed by atoms with Crippen molar-refractivity contribution >= 4 is 84.6 Å². The van der Waals surface area contributed by atoms with Gasteiger partial charge in [-0.2, -0.15) is 0 Å². The Morgan fingerprint density at radius 3 is 1.93 bits per heavy atom. The first-order valence-electron chi connectivity index (χ1n) is 14.2. The summed E-state index contributed by atoms with van der Waals surface area (Å²) in [6.07, 6.45) is 0. The van der Waals surface area contributed by atoms with Gasteiger partial charge in [0.25, 0.3) is 0 Å². The summed E-state index contributed by atoms with van der Waals surface area (Å²) >= 11 is 3.82. The predicted molar refractivity (Wildman–Crippen MR) is 182 cm³/mol. The van der Waals surface area contributed by atoms with Gasteiger partial charge >= 0.3 is 0 Å². The molecule has 2 heterocycles. The van der Waals surface area contributed by atoms with Crippen LogP contribution in [0.3, 0.4) is 0 Å². The van der Waals surface area contributed by atoms with E-state index in [1.807, 2.05) is 22.7 Å². The van der Waals surface area contributed by atoms with E-state index in [0.29, 0.717) is 11.8 Å². The van der Waals surface area contributed by atoms with Gasteiger partial charge < -0.3 is 0 Å². The van der Waals surface area contributed by atoms with E-state index in [0.717, 1.165) is 0 Å². The fraction of sp³-hybridized carbons (Fsp3) is 0.158. The Balaban J connectivity index is 0.000000132. The van der Waals surface area contributed by atoms with E-state index in [1.54, 1.807) is 0 Å². The maximum atomic E-state index is 2.40. The average molecular weight is 553 g/mol. The second-order valence-electron chi connectivity index (χ2n) is 11.3. The van der Waals surface area contributed by atoms with Crippen molar-refractivity contribution in [1.29, 1.82) is 0 Å². The molecule has 0 nitrogen and oxygen atoms in total. The quantitative estimate of drug-likeness (QED) is 0.200. The van der Waals surface area contributed by atoms with Gasteiger partial charge in [0.2, 0.25) is 0 Å². The maximum Gasteiger partial charge on any atom is 0.0434 e. The van der Waals surface area contributed by atoms with Crippen molar-refractivity contribution in [1.82, 2.24) is 0 Å². The number of thiophene rings is 2. The number of fused-ring (bicyclic) bond motifs is 10. The fourth-order valence-electron chi connectivity index (χ4n) is 5.97. The van der Waals surface area contributed by atoms with Crippen LogP contribution >= 0.6 is 22.7 Å². The predicted octanol–water partition coefficient (Wildman–Crippen LogP) is 12.7. The molecule has 0 aliphatic carbocycles. The van der Waals surface area contributed by atoms with Gasteiger partial charge in [-0.25, -0.2) is 0 Å². The van der Waals surface area contributed by atoms with Crippen molar-refractivity contribution < 1.29 is 0 Å². The molecule has 0 radical (unpaired) electrons. The Kier molecular flexibility index (Phi) is 6.34. The maximum absolute atomic E-state index is 2.40. The van der Waals surface area contributed by atoms with Crippen molar-refractivity contribution in [2.75, 3.05) is 0 Å². The molecule has 0 saturated carbocycles. The van der Waals surface area contributed by atoms with Crippen molar-refractivity contribution in [3.05, 3.63) is 120 Å². The van der Waals surface area contributed by atoms with Gasteiger partial charge in [0.1, 0.15) is 0 Å². The smallest absolute Gasteiger partial charge is 0.0434 e. The first-order valence-corrected chi connectivity index (χ1v) is 15.8. The summed E-state index contributed by atoms with van der Waals surface area (Å²) in [7, 11) is 0. The molecule has 2 heteroatoms. The van der Waals surface area contributed by atoms with Crippen molar-refractivity contribution in [2.24, 2.45) is 0 Å². The van der Waals surface area contributed by atoms with Gasteiger partial charge in [-0.1, -0.05) is 113 Å². The third-order valence-corrected chi connectivity index (χ3v) is 10.4. The molecule has 0 aliphatic rings. The van der Waals surface area contributed by atoms with E-state index >= 15 is 0 Å². The van der Waals surface area contributed by atoms with Crippen LogP contribution in [0.1, 0.15) is 50.7 Å². The molecule has 0 aliphatic heterocycles. The zero-order valence-corrected chi connectivity index (χ0v) is 25.0. The molecule has 0 bridgehead atoms. The molecule has 0 N–H and O–H groups in total. The molecule has 40 heavy (non-hydrogen) atoms. The van der Waals surface area contributed by atoms with Crippen LogP contribution in [0.2, 0.25) is 0 Å². The summed E-state index contributed by atoms with van der Waals surface area (Å²) in [6.45, 7) is 9.07. The van der Waals surface area contributed by atoms with E-state index in [-0.39, 0.29) is 0 Å². The molecule has 8 aromatic rings.